The summed E-state index contributed by atoms with van der Waals surface area (Å²) in [5.41, 5.74) is 1.25. The van der Waals surface area contributed by atoms with E-state index in [0.29, 0.717) is 17.9 Å². The number of amides is 1. The van der Waals surface area contributed by atoms with Crippen molar-refractivity contribution in [1.82, 2.24) is 5.32 Å². The first-order chi connectivity index (χ1) is 15.9. The number of Topliss-reactive ketones (excluding diaryl/α,β-unsaturated/α-hetero) is 1. The first-order valence-electron chi connectivity index (χ1n) is 12.3. The quantitative estimate of drug-likeness (QED) is 0.506. The molecule has 4 rings (SSSR count). The molecule has 0 aromatic heterocycles. The first kappa shape index (κ1) is 23.4. The second-order valence-electron chi connectivity index (χ2n) is 10.1. The zero-order valence-electron chi connectivity index (χ0n) is 20.0. The highest BCUT2D eigenvalue weighted by atomic mass is 16.2. The zero-order valence-corrected chi connectivity index (χ0v) is 20.0. The van der Waals surface area contributed by atoms with Crippen LogP contribution in [0.4, 0.5) is 0 Å². The number of hydrogen-bond acceptors (Lipinski definition) is 3. The molecule has 33 heavy (non-hydrogen) atoms. The minimum Gasteiger partial charge on any atom is -0.351 e. The van der Waals surface area contributed by atoms with Gasteiger partial charge in [-0.1, -0.05) is 73.9 Å². The minimum absolute atomic E-state index is 0.0974. The Labute approximate surface area is 197 Å². The van der Waals surface area contributed by atoms with Gasteiger partial charge in [-0.25, -0.2) is 0 Å². The van der Waals surface area contributed by atoms with E-state index in [1.165, 1.54) is 0 Å². The Hall–Kier alpha value is -2.75. The topological polar surface area (TPSA) is 63.2 Å². The van der Waals surface area contributed by atoms with Gasteiger partial charge in [-0.15, -0.1) is 0 Å². The van der Waals surface area contributed by atoms with Crippen molar-refractivity contribution >= 4 is 17.5 Å². The molecule has 1 aliphatic heterocycles. The molecule has 1 saturated heterocycles. The average Bonchev–Trinajstić information content (AvgIpc) is 3.09. The number of carbonyl (C=O) groups excluding carboxylic acids is 3. The van der Waals surface area contributed by atoms with Gasteiger partial charge < -0.3 is 5.32 Å². The van der Waals surface area contributed by atoms with Crippen LogP contribution in [0.25, 0.3) is 0 Å². The van der Waals surface area contributed by atoms with Crippen molar-refractivity contribution in [3.8, 4) is 0 Å². The van der Waals surface area contributed by atoms with Crippen molar-refractivity contribution in [3.05, 3.63) is 71.3 Å². The van der Waals surface area contributed by atoms with Crippen molar-refractivity contribution in [1.29, 1.82) is 0 Å². The molecule has 0 radical (unpaired) electrons. The van der Waals surface area contributed by atoms with E-state index in [-0.39, 0.29) is 29.4 Å². The molecule has 3 aliphatic rings. The van der Waals surface area contributed by atoms with Crippen LogP contribution < -0.4 is 5.32 Å². The Morgan fingerprint density at radius 1 is 1.03 bits per heavy atom. The number of allylic oxidation sites excluding steroid dienone is 5. The molecule has 4 nitrogen and oxygen atoms in total. The highest BCUT2D eigenvalue weighted by molar-refractivity contribution is 6.19. The fourth-order valence-corrected chi connectivity index (χ4v) is 6.02. The predicted molar refractivity (Wildman–Crippen MR) is 130 cm³/mol. The SMILES string of the molecule is CC1=C(C)[C@H]2[C@H](Cc3ccccc3)NC(=O)[C@]23C(=O)/C=C\CCCC[C@@H](C)C/C=C\[C@H]3C1=O. The van der Waals surface area contributed by atoms with Crippen LogP contribution in [0.3, 0.4) is 0 Å². The average molecular weight is 446 g/mol. The summed E-state index contributed by atoms with van der Waals surface area (Å²) in [6, 6.07) is 9.80. The fourth-order valence-electron chi connectivity index (χ4n) is 6.02. The van der Waals surface area contributed by atoms with E-state index in [1.54, 1.807) is 6.08 Å². The van der Waals surface area contributed by atoms with Gasteiger partial charge in [0.25, 0.3) is 0 Å². The normalized spacial score (nSPS) is 34.9. The number of rotatable bonds is 2. The van der Waals surface area contributed by atoms with Crippen LogP contribution in [0.5, 0.6) is 0 Å². The van der Waals surface area contributed by atoms with Crippen LogP contribution in [0.15, 0.2) is 65.8 Å². The van der Waals surface area contributed by atoms with E-state index in [2.05, 4.69) is 12.2 Å². The molecule has 1 aromatic carbocycles. The molecule has 1 spiro atoms. The van der Waals surface area contributed by atoms with E-state index in [1.807, 2.05) is 62.4 Å². The molecule has 4 heteroatoms. The largest absolute Gasteiger partial charge is 0.351 e. The van der Waals surface area contributed by atoms with Gasteiger partial charge in [0.2, 0.25) is 5.91 Å². The lowest BCUT2D eigenvalue weighted by atomic mass is 9.55. The Balaban J connectivity index is 1.84. The monoisotopic (exact) mass is 445 g/mol. The Bertz CT molecular complexity index is 1020. The molecular formula is C29H35NO3. The molecule has 174 valence electrons. The summed E-state index contributed by atoms with van der Waals surface area (Å²) in [5, 5.41) is 3.16. The molecule has 0 saturated carbocycles. The molecule has 2 aliphatic carbocycles. The number of nitrogens with one attached hydrogen (secondary N) is 1. The van der Waals surface area contributed by atoms with Gasteiger partial charge >= 0.3 is 0 Å². The van der Waals surface area contributed by atoms with Crippen LogP contribution in [0.1, 0.15) is 58.4 Å². The third-order valence-corrected chi connectivity index (χ3v) is 7.95. The fraction of sp³-hybridized carbons (Fsp3) is 0.483. The Morgan fingerprint density at radius 2 is 1.79 bits per heavy atom. The lowest BCUT2D eigenvalue weighted by Crippen LogP contribution is -2.53. The van der Waals surface area contributed by atoms with E-state index in [0.717, 1.165) is 43.2 Å². The second-order valence-corrected chi connectivity index (χ2v) is 10.1. The maximum absolute atomic E-state index is 13.9. The van der Waals surface area contributed by atoms with Gasteiger partial charge in [-0.05, 0) is 62.7 Å². The Kier molecular flexibility index (Phi) is 6.83. The summed E-state index contributed by atoms with van der Waals surface area (Å²) in [6.45, 7) is 6.00. The standard InChI is InChI=1S/C29H35NO3/c1-19-12-7-4-5-10-17-25(31)29-23(16-11-13-19)27(32)21(3)20(2)26(29)24(30-28(29)33)18-22-14-8-6-9-15-22/h6,8-11,14-17,19,23-24,26H,4-5,7,12-13,18H2,1-3H3,(H,30,33)/b16-11-,17-10-/t19-,23+,24+,26+,29-/m1/s1. The van der Waals surface area contributed by atoms with Crippen LogP contribution in [0, 0.1) is 23.2 Å². The van der Waals surface area contributed by atoms with Gasteiger partial charge in [0.15, 0.2) is 11.6 Å². The van der Waals surface area contributed by atoms with Crippen molar-refractivity contribution in [2.24, 2.45) is 23.2 Å². The van der Waals surface area contributed by atoms with E-state index < -0.39 is 11.3 Å². The maximum Gasteiger partial charge on any atom is 0.236 e. The van der Waals surface area contributed by atoms with Gasteiger partial charge in [0, 0.05) is 12.0 Å². The summed E-state index contributed by atoms with van der Waals surface area (Å²) in [6.07, 6.45) is 12.9. The van der Waals surface area contributed by atoms with E-state index >= 15 is 0 Å². The van der Waals surface area contributed by atoms with Crippen molar-refractivity contribution < 1.29 is 14.4 Å². The van der Waals surface area contributed by atoms with Crippen LogP contribution >= 0.6 is 0 Å². The maximum atomic E-state index is 13.9. The van der Waals surface area contributed by atoms with Crippen LogP contribution in [0.2, 0.25) is 0 Å². The molecule has 1 amide bonds. The molecule has 1 fully saturated rings. The van der Waals surface area contributed by atoms with E-state index in [9.17, 15) is 14.4 Å². The third kappa shape index (κ3) is 4.16. The van der Waals surface area contributed by atoms with E-state index in [4.69, 9.17) is 0 Å². The molecule has 1 aromatic rings. The molecule has 0 unspecified atom stereocenters. The summed E-state index contributed by atoms with van der Waals surface area (Å²) in [7, 11) is 0. The molecular weight excluding hydrogens is 410 g/mol. The van der Waals surface area contributed by atoms with Gasteiger partial charge in [0.05, 0.1) is 5.92 Å². The molecule has 5 atom stereocenters. The smallest absolute Gasteiger partial charge is 0.236 e. The van der Waals surface area contributed by atoms with Gasteiger partial charge in [-0.3, -0.25) is 14.4 Å². The van der Waals surface area contributed by atoms with Crippen molar-refractivity contribution in [2.75, 3.05) is 0 Å². The number of ketones is 2. The number of hydrogen-bond donors (Lipinski definition) is 1. The second kappa shape index (κ2) is 9.62. The third-order valence-electron chi connectivity index (χ3n) is 7.95. The highest BCUT2D eigenvalue weighted by Crippen LogP contribution is 2.53. The van der Waals surface area contributed by atoms with Gasteiger partial charge in [-0.2, -0.15) is 0 Å². The summed E-state index contributed by atoms with van der Waals surface area (Å²) < 4.78 is 0. The number of benzene rings is 1. The van der Waals surface area contributed by atoms with Crippen molar-refractivity contribution in [3.63, 3.8) is 0 Å². The lowest BCUT2D eigenvalue weighted by Gasteiger charge is -2.42. The van der Waals surface area contributed by atoms with Gasteiger partial charge in [0.1, 0.15) is 5.41 Å². The number of carbonyl (C=O) groups is 3. The summed E-state index contributed by atoms with van der Waals surface area (Å²) in [5.74, 6) is -1.24. The first-order valence-corrected chi connectivity index (χ1v) is 12.3. The zero-order chi connectivity index (χ0) is 23.6. The predicted octanol–water partition coefficient (Wildman–Crippen LogP) is 5.15. The molecule has 1 N–H and O–H groups in total. The molecule has 0 bridgehead atoms. The van der Waals surface area contributed by atoms with Crippen LogP contribution in [-0.2, 0) is 20.8 Å². The Morgan fingerprint density at radius 3 is 2.55 bits per heavy atom. The lowest BCUT2D eigenvalue weighted by molar-refractivity contribution is -0.146. The van der Waals surface area contributed by atoms with Crippen LogP contribution in [-0.4, -0.2) is 23.5 Å². The summed E-state index contributed by atoms with van der Waals surface area (Å²) >= 11 is 0. The highest BCUT2D eigenvalue weighted by Gasteiger charge is 2.66. The molecule has 1 heterocycles. The summed E-state index contributed by atoms with van der Waals surface area (Å²) in [4.78, 5) is 41.2. The minimum atomic E-state index is -1.41. The van der Waals surface area contributed by atoms with Crippen molar-refractivity contribution in [2.45, 2.75) is 65.3 Å².